The van der Waals surface area contributed by atoms with E-state index in [2.05, 4.69) is 10.3 Å². The van der Waals surface area contributed by atoms with E-state index in [1.54, 1.807) is 0 Å². The van der Waals surface area contributed by atoms with Gasteiger partial charge in [0.1, 0.15) is 6.04 Å². The summed E-state index contributed by atoms with van der Waals surface area (Å²) in [6.07, 6.45) is 2.37. The number of carbonyl (C=O) groups excluding carboxylic acids is 1. The number of amides is 1. The van der Waals surface area contributed by atoms with Gasteiger partial charge < -0.3 is 5.32 Å². The van der Waals surface area contributed by atoms with E-state index in [1.165, 1.54) is 15.6 Å². The molecule has 6 nitrogen and oxygen atoms in total. The minimum atomic E-state index is -3.39. The van der Waals surface area contributed by atoms with Crippen LogP contribution >= 0.6 is 11.3 Å². The van der Waals surface area contributed by atoms with Crippen molar-refractivity contribution in [2.75, 3.05) is 18.1 Å². The number of nitrogens with one attached hydrogen (secondary N) is 1. The molecule has 0 bridgehead atoms. The summed E-state index contributed by atoms with van der Waals surface area (Å²) < 4.78 is 25.9. The van der Waals surface area contributed by atoms with Gasteiger partial charge in [0.05, 0.1) is 16.5 Å². The van der Waals surface area contributed by atoms with Crippen LogP contribution in [0.4, 0.5) is 5.13 Å². The summed E-state index contributed by atoms with van der Waals surface area (Å²) in [5, 5.41) is 5.43. The second-order valence-corrected chi connectivity index (χ2v) is 9.14. The monoisotopic (exact) mass is 375 g/mol. The van der Waals surface area contributed by atoms with E-state index < -0.39 is 16.1 Å². The topological polar surface area (TPSA) is 79.4 Å². The molecule has 2 aromatic carbocycles. The summed E-state index contributed by atoms with van der Waals surface area (Å²) in [4.78, 5) is 17.1. The maximum atomic E-state index is 12.6. The highest BCUT2D eigenvalue weighted by Crippen LogP contribution is 2.32. The molecule has 1 amide bonds. The fourth-order valence-corrected chi connectivity index (χ4v) is 5.31. The first-order valence-corrected chi connectivity index (χ1v) is 10.7. The van der Waals surface area contributed by atoms with Gasteiger partial charge in [0.25, 0.3) is 0 Å². The highest BCUT2D eigenvalue weighted by Gasteiger charge is 2.36. The second-order valence-electron chi connectivity index (χ2n) is 6.17. The number of nitrogens with zero attached hydrogens (tertiary/aromatic N) is 2. The second kappa shape index (κ2) is 6.05. The fraction of sp³-hybridized carbons (Fsp3) is 0.294. The van der Waals surface area contributed by atoms with Crippen LogP contribution in [0.3, 0.4) is 0 Å². The van der Waals surface area contributed by atoms with Crippen molar-refractivity contribution in [1.29, 1.82) is 0 Å². The van der Waals surface area contributed by atoms with E-state index in [0.29, 0.717) is 24.5 Å². The van der Waals surface area contributed by atoms with Crippen LogP contribution in [0.15, 0.2) is 36.4 Å². The van der Waals surface area contributed by atoms with Crippen LogP contribution < -0.4 is 5.32 Å². The molecule has 1 saturated heterocycles. The van der Waals surface area contributed by atoms with Gasteiger partial charge in [-0.3, -0.25) is 4.79 Å². The molecule has 1 fully saturated rings. The van der Waals surface area contributed by atoms with Crippen molar-refractivity contribution < 1.29 is 13.2 Å². The molecular formula is C17H17N3O3S2. The zero-order valence-electron chi connectivity index (χ0n) is 13.6. The third kappa shape index (κ3) is 3.01. The lowest BCUT2D eigenvalue weighted by Gasteiger charge is -2.20. The minimum absolute atomic E-state index is 0.314. The van der Waals surface area contributed by atoms with Crippen molar-refractivity contribution in [2.45, 2.75) is 18.9 Å². The molecule has 0 saturated carbocycles. The minimum Gasteiger partial charge on any atom is -0.301 e. The number of fused-ring (bicyclic) bond motifs is 3. The smallest absolute Gasteiger partial charge is 0.244 e. The fourth-order valence-electron chi connectivity index (χ4n) is 3.30. The molecule has 3 aromatic rings. The predicted molar refractivity (Wildman–Crippen MR) is 100 cm³/mol. The number of aromatic nitrogens is 1. The maximum Gasteiger partial charge on any atom is 0.244 e. The Morgan fingerprint density at radius 3 is 2.88 bits per heavy atom. The highest BCUT2D eigenvalue weighted by atomic mass is 32.2. The lowest BCUT2D eigenvalue weighted by molar-refractivity contribution is -0.119. The van der Waals surface area contributed by atoms with Gasteiger partial charge in [0, 0.05) is 11.9 Å². The van der Waals surface area contributed by atoms with Crippen molar-refractivity contribution in [3.63, 3.8) is 0 Å². The van der Waals surface area contributed by atoms with Gasteiger partial charge in [0.15, 0.2) is 5.13 Å². The summed E-state index contributed by atoms with van der Waals surface area (Å²) in [7, 11) is -3.39. The SMILES string of the molecule is CS(=O)(=O)N1CCCC1C(=O)Nc1nc2c(ccc3ccccc32)s1. The largest absolute Gasteiger partial charge is 0.301 e. The average molecular weight is 375 g/mol. The molecule has 1 N–H and O–H groups in total. The number of carbonyl (C=O) groups is 1. The Kier molecular flexibility index (Phi) is 3.98. The first kappa shape index (κ1) is 16.4. The van der Waals surface area contributed by atoms with Gasteiger partial charge in [-0.25, -0.2) is 13.4 Å². The van der Waals surface area contributed by atoms with Crippen LogP contribution in [0.5, 0.6) is 0 Å². The van der Waals surface area contributed by atoms with Gasteiger partial charge in [-0.2, -0.15) is 4.31 Å². The molecule has 25 heavy (non-hydrogen) atoms. The molecular weight excluding hydrogens is 358 g/mol. The van der Waals surface area contributed by atoms with Crippen LogP contribution in [-0.2, 0) is 14.8 Å². The van der Waals surface area contributed by atoms with E-state index in [4.69, 9.17) is 0 Å². The van der Waals surface area contributed by atoms with Crippen molar-refractivity contribution in [3.8, 4) is 0 Å². The zero-order chi connectivity index (χ0) is 17.6. The Labute approximate surface area is 149 Å². The third-order valence-electron chi connectivity index (χ3n) is 4.45. The summed E-state index contributed by atoms with van der Waals surface area (Å²) in [6.45, 7) is 0.390. The van der Waals surface area contributed by atoms with Crippen LogP contribution in [0, 0.1) is 0 Å². The number of benzene rings is 2. The lowest BCUT2D eigenvalue weighted by Crippen LogP contribution is -2.42. The Morgan fingerprint density at radius 1 is 1.28 bits per heavy atom. The molecule has 0 radical (unpaired) electrons. The standard InChI is InChI=1S/C17H17N3O3S2/c1-25(22,23)20-10-4-7-13(20)16(21)19-17-18-15-12-6-3-2-5-11(12)8-9-14(15)24-17/h2-3,5-6,8-9,13H,4,7,10H2,1H3,(H,18,19,21). The van der Waals surface area contributed by atoms with Crippen LogP contribution in [0.1, 0.15) is 12.8 Å². The maximum absolute atomic E-state index is 12.6. The molecule has 4 rings (SSSR count). The predicted octanol–water partition coefficient (Wildman–Crippen LogP) is 2.81. The van der Waals surface area contributed by atoms with E-state index in [-0.39, 0.29) is 5.91 Å². The molecule has 8 heteroatoms. The lowest BCUT2D eigenvalue weighted by atomic mass is 10.1. The summed E-state index contributed by atoms with van der Waals surface area (Å²) in [5.41, 5.74) is 0.852. The molecule has 2 heterocycles. The molecule has 0 spiro atoms. The number of hydrogen-bond acceptors (Lipinski definition) is 5. The summed E-state index contributed by atoms with van der Waals surface area (Å²) >= 11 is 1.40. The van der Waals surface area contributed by atoms with E-state index >= 15 is 0 Å². The van der Waals surface area contributed by atoms with Gasteiger partial charge in [0.2, 0.25) is 15.9 Å². The van der Waals surface area contributed by atoms with Crippen LogP contribution in [0.2, 0.25) is 0 Å². The molecule has 1 aliphatic heterocycles. The summed E-state index contributed by atoms with van der Waals surface area (Å²) in [5.74, 6) is -0.314. The average Bonchev–Trinajstić information content (AvgIpc) is 3.21. The van der Waals surface area contributed by atoms with Crippen LogP contribution in [0.25, 0.3) is 21.0 Å². The molecule has 1 unspecified atom stereocenters. The van der Waals surface area contributed by atoms with E-state index in [1.807, 2.05) is 36.4 Å². The van der Waals surface area contributed by atoms with Crippen molar-refractivity contribution in [3.05, 3.63) is 36.4 Å². The van der Waals surface area contributed by atoms with Gasteiger partial charge in [-0.15, -0.1) is 0 Å². The van der Waals surface area contributed by atoms with Crippen molar-refractivity contribution in [1.82, 2.24) is 9.29 Å². The normalized spacial score (nSPS) is 18.8. The first-order chi connectivity index (χ1) is 11.9. The first-order valence-electron chi connectivity index (χ1n) is 7.99. The molecule has 1 atom stereocenters. The van der Waals surface area contributed by atoms with Gasteiger partial charge in [-0.1, -0.05) is 41.7 Å². The van der Waals surface area contributed by atoms with Gasteiger partial charge >= 0.3 is 0 Å². The van der Waals surface area contributed by atoms with Crippen molar-refractivity contribution >= 4 is 53.4 Å². The number of sulfonamides is 1. The Hall–Kier alpha value is -2.03. The Morgan fingerprint density at radius 2 is 2.08 bits per heavy atom. The Bertz CT molecular complexity index is 1080. The number of hydrogen-bond donors (Lipinski definition) is 1. The molecule has 1 aromatic heterocycles. The van der Waals surface area contributed by atoms with E-state index in [0.717, 1.165) is 27.2 Å². The zero-order valence-corrected chi connectivity index (χ0v) is 15.2. The quantitative estimate of drug-likeness (QED) is 0.763. The van der Waals surface area contributed by atoms with E-state index in [9.17, 15) is 13.2 Å². The number of anilines is 1. The number of thiazole rings is 1. The molecule has 0 aliphatic carbocycles. The highest BCUT2D eigenvalue weighted by molar-refractivity contribution is 7.88. The Balaban J connectivity index is 1.64. The van der Waals surface area contributed by atoms with Crippen molar-refractivity contribution in [2.24, 2.45) is 0 Å². The summed E-state index contributed by atoms with van der Waals surface area (Å²) in [6, 6.07) is 11.3. The molecule has 130 valence electrons. The third-order valence-corrected chi connectivity index (χ3v) is 6.67. The molecule has 1 aliphatic rings. The van der Waals surface area contributed by atoms with Crippen LogP contribution in [-0.4, -0.2) is 42.5 Å². The van der Waals surface area contributed by atoms with Gasteiger partial charge in [-0.05, 0) is 24.3 Å². The number of rotatable bonds is 3.